The van der Waals surface area contributed by atoms with Crippen molar-refractivity contribution in [2.75, 3.05) is 25.1 Å². The molecule has 0 aromatic heterocycles. The van der Waals surface area contributed by atoms with Crippen LogP contribution in [0.2, 0.25) is 0 Å². The minimum absolute atomic E-state index is 0.376. The van der Waals surface area contributed by atoms with Gasteiger partial charge in [0.05, 0.1) is 13.2 Å². The minimum atomic E-state index is -1.30. The monoisotopic (exact) mass is 409 g/mol. The maximum absolute atomic E-state index is 13.1. The normalized spacial score (nSPS) is 20.5. The Balaban J connectivity index is 1.51. The molecule has 0 saturated carbocycles. The first-order valence-corrected chi connectivity index (χ1v) is 9.77. The molecule has 2 aliphatic heterocycles. The Morgan fingerprint density at radius 1 is 1.13 bits per heavy atom. The summed E-state index contributed by atoms with van der Waals surface area (Å²) in [4.78, 5) is 39.0. The third-order valence-corrected chi connectivity index (χ3v) is 5.20. The number of benzene rings is 2. The summed E-state index contributed by atoms with van der Waals surface area (Å²) in [6, 6.07) is 11.8. The second-order valence-corrected chi connectivity index (χ2v) is 7.58. The van der Waals surface area contributed by atoms with E-state index in [1.807, 2.05) is 25.1 Å². The Morgan fingerprint density at radius 3 is 2.67 bits per heavy atom. The van der Waals surface area contributed by atoms with Crippen molar-refractivity contribution in [1.82, 2.24) is 10.2 Å². The van der Waals surface area contributed by atoms with Crippen LogP contribution in [-0.2, 0) is 15.1 Å². The van der Waals surface area contributed by atoms with Crippen molar-refractivity contribution in [3.8, 4) is 11.5 Å². The summed E-state index contributed by atoms with van der Waals surface area (Å²) in [6.45, 7) is 4.22. The quantitative estimate of drug-likeness (QED) is 0.757. The summed E-state index contributed by atoms with van der Waals surface area (Å²) in [5, 5.41) is 5.42. The van der Waals surface area contributed by atoms with Crippen LogP contribution in [0.15, 0.2) is 42.5 Å². The van der Waals surface area contributed by atoms with Crippen LogP contribution >= 0.6 is 0 Å². The number of amides is 4. The van der Waals surface area contributed by atoms with E-state index in [-0.39, 0.29) is 6.54 Å². The van der Waals surface area contributed by atoms with Crippen molar-refractivity contribution in [2.24, 2.45) is 0 Å². The topological polar surface area (TPSA) is 97.0 Å². The van der Waals surface area contributed by atoms with E-state index in [9.17, 15) is 14.4 Å². The van der Waals surface area contributed by atoms with E-state index in [1.165, 1.54) is 0 Å². The number of anilines is 1. The molecule has 2 aliphatic rings. The SMILES string of the molecule is Cc1cccc(NC(=O)CN2C(=O)N[C@](C)(c3ccc4c(c3)OCCCO4)C2=O)c1. The molecule has 1 fully saturated rings. The molecule has 1 atom stereocenters. The molecule has 2 N–H and O–H groups in total. The van der Waals surface area contributed by atoms with Crippen molar-refractivity contribution in [3.63, 3.8) is 0 Å². The molecular weight excluding hydrogens is 386 g/mol. The first-order chi connectivity index (χ1) is 14.4. The Bertz CT molecular complexity index is 1020. The number of urea groups is 1. The highest BCUT2D eigenvalue weighted by atomic mass is 16.5. The Morgan fingerprint density at radius 2 is 1.90 bits per heavy atom. The Labute approximate surface area is 174 Å². The van der Waals surface area contributed by atoms with Gasteiger partial charge in [0.1, 0.15) is 12.1 Å². The zero-order chi connectivity index (χ0) is 21.3. The third kappa shape index (κ3) is 3.68. The summed E-state index contributed by atoms with van der Waals surface area (Å²) in [7, 11) is 0. The molecule has 2 aromatic carbocycles. The average Bonchev–Trinajstić information content (AvgIpc) is 2.88. The summed E-state index contributed by atoms with van der Waals surface area (Å²) in [5.74, 6) is 0.184. The van der Waals surface area contributed by atoms with Crippen molar-refractivity contribution in [3.05, 3.63) is 53.6 Å². The number of imide groups is 1. The summed E-state index contributed by atoms with van der Waals surface area (Å²) < 4.78 is 11.3. The van der Waals surface area contributed by atoms with Gasteiger partial charge in [0, 0.05) is 12.1 Å². The van der Waals surface area contributed by atoms with Gasteiger partial charge in [0.15, 0.2) is 11.5 Å². The fourth-order valence-corrected chi connectivity index (χ4v) is 3.58. The lowest BCUT2D eigenvalue weighted by molar-refractivity contribution is -0.133. The average molecular weight is 409 g/mol. The molecule has 4 rings (SSSR count). The maximum Gasteiger partial charge on any atom is 0.325 e. The van der Waals surface area contributed by atoms with Crippen molar-refractivity contribution in [2.45, 2.75) is 25.8 Å². The zero-order valence-corrected chi connectivity index (χ0v) is 16.9. The first-order valence-electron chi connectivity index (χ1n) is 9.77. The zero-order valence-electron chi connectivity index (χ0n) is 16.9. The Kier molecular flexibility index (Phi) is 5.07. The van der Waals surface area contributed by atoms with Crippen LogP contribution in [0, 0.1) is 6.92 Å². The lowest BCUT2D eigenvalue weighted by atomic mass is 9.91. The fourth-order valence-electron chi connectivity index (χ4n) is 3.58. The number of nitrogens with one attached hydrogen (secondary N) is 2. The lowest BCUT2D eigenvalue weighted by Crippen LogP contribution is -2.42. The number of hydrogen-bond donors (Lipinski definition) is 2. The largest absolute Gasteiger partial charge is 0.490 e. The molecule has 0 spiro atoms. The second-order valence-electron chi connectivity index (χ2n) is 7.58. The van der Waals surface area contributed by atoms with Crippen LogP contribution in [0.25, 0.3) is 0 Å². The van der Waals surface area contributed by atoms with Crippen LogP contribution in [-0.4, -0.2) is 42.5 Å². The van der Waals surface area contributed by atoms with Crippen molar-refractivity contribution in [1.29, 1.82) is 0 Å². The maximum atomic E-state index is 13.1. The number of hydrogen-bond acceptors (Lipinski definition) is 5. The van der Waals surface area contributed by atoms with E-state index in [1.54, 1.807) is 31.2 Å². The highest BCUT2D eigenvalue weighted by Gasteiger charge is 2.49. The highest BCUT2D eigenvalue weighted by molar-refractivity contribution is 6.10. The van der Waals surface area contributed by atoms with Crippen molar-refractivity contribution >= 4 is 23.5 Å². The molecule has 0 bridgehead atoms. The van der Waals surface area contributed by atoms with Gasteiger partial charge in [0.25, 0.3) is 5.91 Å². The molecule has 2 heterocycles. The third-order valence-electron chi connectivity index (χ3n) is 5.20. The number of rotatable bonds is 4. The van der Waals surface area contributed by atoms with Crippen LogP contribution in [0.5, 0.6) is 11.5 Å². The second kappa shape index (κ2) is 7.70. The molecule has 0 radical (unpaired) electrons. The first kappa shape index (κ1) is 19.8. The molecule has 0 unspecified atom stereocenters. The summed E-state index contributed by atoms with van der Waals surface area (Å²) in [5.41, 5.74) is 0.861. The van der Waals surface area contributed by atoms with E-state index >= 15 is 0 Å². The molecule has 8 heteroatoms. The highest BCUT2D eigenvalue weighted by Crippen LogP contribution is 2.36. The molecule has 2 aromatic rings. The molecule has 30 heavy (non-hydrogen) atoms. The van der Waals surface area contributed by atoms with Gasteiger partial charge in [-0.3, -0.25) is 14.5 Å². The van der Waals surface area contributed by atoms with E-state index in [0.717, 1.165) is 16.9 Å². The molecule has 156 valence electrons. The van der Waals surface area contributed by atoms with E-state index < -0.39 is 23.4 Å². The summed E-state index contributed by atoms with van der Waals surface area (Å²) >= 11 is 0. The van der Waals surface area contributed by atoms with Gasteiger partial charge in [-0.2, -0.15) is 0 Å². The number of aryl methyl sites for hydroxylation is 1. The van der Waals surface area contributed by atoms with Gasteiger partial charge in [-0.05, 0) is 49.2 Å². The molecular formula is C22H23N3O5. The number of ether oxygens (including phenoxy) is 2. The van der Waals surface area contributed by atoms with Gasteiger partial charge >= 0.3 is 6.03 Å². The van der Waals surface area contributed by atoms with Crippen LogP contribution in [0.1, 0.15) is 24.5 Å². The van der Waals surface area contributed by atoms with Crippen LogP contribution < -0.4 is 20.1 Å². The van der Waals surface area contributed by atoms with Crippen LogP contribution in [0.4, 0.5) is 10.5 Å². The predicted molar refractivity (Wildman–Crippen MR) is 109 cm³/mol. The number of carbonyl (C=O) groups excluding carboxylic acids is 3. The fraction of sp³-hybridized carbons (Fsp3) is 0.318. The van der Waals surface area contributed by atoms with E-state index in [4.69, 9.17) is 9.47 Å². The van der Waals surface area contributed by atoms with Crippen molar-refractivity contribution < 1.29 is 23.9 Å². The Hall–Kier alpha value is -3.55. The number of fused-ring (bicyclic) bond motifs is 1. The standard InChI is InChI=1S/C22H23N3O5/c1-14-5-3-6-16(11-14)23-19(26)13-25-20(27)22(2,24-21(25)28)15-7-8-17-18(12-15)30-10-4-9-29-17/h3,5-8,11-12H,4,9-10,13H2,1-2H3,(H,23,26)(H,24,28)/t22-/m1/s1. The molecule has 0 aliphatic carbocycles. The minimum Gasteiger partial charge on any atom is -0.490 e. The molecule has 1 saturated heterocycles. The van der Waals surface area contributed by atoms with E-state index in [2.05, 4.69) is 10.6 Å². The van der Waals surface area contributed by atoms with Crippen LogP contribution in [0.3, 0.4) is 0 Å². The van der Waals surface area contributed by atoms with Gasteiger partial charge in [-0.1, -0.05) is 18.2 Å². The molecule has 8 nitrogen and oxygen atoms in total. The number of nitrogens with zero attached hydrogens (tertiary/aromatic N) is 1. The van der Waals surface area contributed by atoms with E-state index in [0.29, 0.717) is 36.0 Å². The lowest BCUT2D eigenvalue weighted by Gasteiger charge is -2.23. The summed E-state index contributed by atoms with van der Waals surface area (Å²) in [6.07, 6.45) is 0.765. The van der Waals surface area contributed by atoms with Gasteiger partial charge < -0.3 is 20.1 Å². The van der Waals surface area contributed by atoms with Gasteiger partial charge in [0.2, 0.25) is 5.91 Å². The predicted octanol–water partition coefficient (Wildman–Crippen LogP) is 2.56. The molecule has 4 amide bonds. The van der Waals surface area contributed by atoms with Gasteiger partial charge in [-0.15, -0.1) is 0 Å². The van der Waals surface area contributed by atoms with Gasteiger partial charge in [-0.25, -0.2) is 4.79 Å². The smallest absolute Gasteiger partial charge is 0.325 e. The number of carbonyl (C=O) groups is 3.